The highest BCUT2D eigenvalue weighted by Crippen LogP contribution is 2.60. The summed E-state index contributed by atoms with van der Waals surface area (Å²) >= 11 is 0. The molecule has 15 aromatic rings. The quantitative estimate of drug-likeness (QED) is 0.107. The summed E-state index contributed by atoms with van der Waals surface area (Å²) < 4.78 is 0. The van der Waals surface area contributed by atoms with E-state index >= 15 is 0 Å². The molecule has 2 aliphatic rings. The maximum Gasteiger partial charge on any atom is 0.0714 e. The van der Waals surface area contributed by atoms with Crippen molar-refractivity contribution in [3.63, 3.8) is 0 Å². The van der Waals surface area contributed by atoms with Gasteiger partial charge in [0.15, 0.2) is 0 Å². The fraction of sp³-hybridized carbons (Fsp3) is 0.0217. The Balaban J connectivity index is 0.731. The van der Waals surface area contributed by atoms with E-state index in [1.807, 2.05) is 12.2 Å². The van der Waals surface area contributed by atoms with Crippen molar-refractivity contribution in [2.75, 3.05) is 9.80 Å². The summed E-state index contributed by atoms with van der Waals surface area (Å²) in [5, 5.41) is 4.75. The van der Waals surface area contributed by atoms with Gasteiger partial charge in [0.05, 0.1) is 22.2 Å². The zero-order chi connectivity index (χ0) is 62.7. The van der Waals surface area contributed by atoms with Crippen LogP contribution in [0.3, 0.4) is 0 Å². The number of fused-ring (bicyclic) bond motifs is 8. The molecule has 442 valence electrons. The lowest BCUT2D eigenvalue weighted by Crippen LogP contribution is -2.28. The molecule has 2 atom stereocenters. The van der Waals surface area contributed by atoms with E-state index in [0.717, 1.165) is 67.5 Å². The van der Waals surface area contributed by atoms with Crippen molar-refractivity contribution < 1.29 is 0 Å². The minimum atomic E-state index is -0.572. The van der Waals surface area contributed by atoms with Crippen molar-refractivity contribution in [2.45, 2.75) is 10.8 Å². The largest absolute Gasteiger partial charge is 0.310 e. The topological polar surface area (TPSA) is 6.48 Å². The van der Waals surface area contributed by atoms with Gasteiger partial charge in [-0.3, -0.25) is 0 Å². The number of hydrogen-bond donors (Lipinski definition) is 0. The average molecular weight is 1200 g/mol. The number of benzene rings is 15. The van der Waals surface area contributed by atoms with Gasteiger partial charge in [-0.1, -0.05) is 316 Å². The molecule has 2 aliphatic carbocycles. The molecule has 0 fully saturated rings. The van der Waals surface area contributed by atoms with Crippen LogP contribution in [0.2, 0.25) is 0 Å². The molecule has 0 aromatic heterocycles. The second-order valence-electron chi connectivity index (χ2n) is 24.8. The van der Waals surface area contributed by atoms with Gasteiger partial charge in [0.25, 0.3) is 0 Å². The summed E-state index contributed by atoms with van der Waals surface area (Å²) in [5.74, 6) is 0. The molecule has 0 N–H and O–H groups in total. The molecular weight excluding hydrogens is 1130 g/mol. The fourth-order valence-corrected chi connectivity index (χ4v) is 15.6. The van der Waals surface area contributed by atoms with Crippen molar-refractivity contribution in [1.29, 1.82) is 0 Å². The first-order valence-corrected chi connectivity index (χ1v) is 32.4. The Bertz CT molecular complexity index is 5030. The number of rotatable bonds is 14. The Morgan fingerprint density at radius 2 is 0.543 bits per heavy atom. The van der Waals surface area contributed by atoms with Gasteiger partial charge < -0.3 is 9.80 Å². The van der Waals surface area contributed by atoms with E-state index in [4.69, 9.17) is 0 Å². The van der Waals surface area contributed by atoms with Gasteiger partial charge in [-0.15, -0.1) is 0 Å². The van der Waals surface area contributed by atoms with E-state index in [1.54, 1.807) is 0 Å². The normalized spacial score (nSPS) is 15.0. The lowest BCUT2D eigenvalue weighted by Gasteiger charge is -2.35. The van der Waals surface area contributed by atoms with Gasteiger partial charge in [0, 0.05) is 33.5 Å². The van der Waals surface area contributed by atoms with Crippen LogP contribution in [0.4, 0.5) is 34.1 Å². The Hall–Kier alpha value is -12.1. The van der Waals surface area contributed by atoms with E-state index in [0.29, 0.717) is 0 Å². The predicted octanol–water partition coefficient (Wildman–Crippen LogP) is 24.3. The molecule has 0 saturated heterocycles. The van der Waals surface area contributed by atoms with Crippen molar-refractivity contribution in [3.8, 4) is 44.5 Å². The number of anilines is 6. The van der Waals surface area contributed by atoms with Crippen LogP contribution in [0.1, 0.15) is 55.6 Å². The second kappa shape index (κ2) is 23.0. The predicted molar refractivity (Wildman–Crippen MR) is 396 cm³/mol. The molecule has 0 bridgehead atoms. The molecule has 2 unspecified atom stereocenters. The van der Waals surface area contributed by atoms with E-state index in [-0.39, 0.29) is 0 Å². The van der Waals surface area contributed by atoms with Crippen LogP contribution in [0.15, 0.2) is 365 Å². The van der Waals surface area contributed by atoms with Gasteiger partial charge in [0.1, 0.15) is 0 Å². The van der Waals surface area contributed by atoms with Crippen molar-refractivity contribution in [2.24, 2.45) is 0 Å². The van der Waals surface area contributed by atoms with Crippen LogP contribution >= 0.6 is 0 Å². The third-order valence-corrected chi connectivity index (χ3v) is 20.0. The molecule has 94 heavy (non-hydrogen) atoms. The lowest BCUT2D eigenvalue weighted by molar-refractivity contribution is 0.768. The molecule has 0 radical (unpaired) electrons. The first-order valence-electron chi connectivity index (χ1n) is 32.4. The molecule has 17 rings (SSSR count). The highest BCUT2D eigenvalue weighted by molar-refractivity contribution is 6.02. The molecule has 0 aliphatic heterocycles. The van der Waals surface area contributed by atoms with Gasteiger partial charge in [0.2, 0.25) is 0 Å². The van der Waals surface area contributed by atoms with Gasteiger partial charge in [-0.25, -0.2) is 0 Å². The molecule has 0 spiro atoms. The van der Waals surface area contributed by atoms with Crippen LogP contribution in [0.5, 0.6) is 0 Å². The summed E-state index contributed by atoms with van der Waals surface area (Å²) in [6, 6.07) is 130. The first-order chi connectivity index (χ1) is 46.5. The lowest BCUT2D eigenvalue weighted by atomic mass is 9.67. The van der Waals surface area contributed by atoms with E-state index < -0.39 is 10.8 Å². The maximum atomic E-state index is 4.10. The molecule has 2 nitrogen and oxygen atoms in total. The van der Waals surface area contributed by atoms with E-state index in [2.05, 4.69) is 375 Å². The average Bonchev–Trinajstić information content (AvgIpc) is 1.55. The molecule has 2 heteroatoms. The van der Waals surface area contributed by atoms with E-state index in [1.165, 1.54) is 88.3 Å². The van der Waals surface area contributed by atoms with Gasteiger partial charge in [-0.2, -0.15) is 0 Å². The molecule has 0 amide bonds. The highest BCUT2D eigenvalue weighted by atomic mass is 15.1. The third-order valence-electron chi connectivity index (χ3n) is 20.0. The minimum Gasteiger partial charge on any atom is -0.310 e. The zero-order valence-electron chi connectivity index (χ0n) is 51.9. The van der Waals surface area contributed by atoms with Gasteiger partial charge >= 0.3 is 0 Å². The second-order valence-corrected chi connectivity index (χ2v) is 24.8. The number of nitrogens with zero attached hydrogens (tertiary/aromatic N) is 2. The summed E-state index contributed by atoms with van der Waals surface area (Å²) in [7, 11) is 0. The third kappa shape index (κ3) is 8.94. The Morgan fingerprint density at radius 1 is 0.234 bits per heavy atom. The molecular formula is C92H64N2. The van der Waals surface area contributed by atoms with Crippen molar-refractivity contribution in [3.05, 3.63) is 421 Å². The smallest absolute Gasteiger partial charge is 0.0714 e. The minimum absolute atomic E-state index is 0.572. The monoisotopic (exact) mass is 1200 g/mol. The SMILES string of the molecule is C=Cc1ccc(C2(c3ccccc3)c3ccccc3-c3ccc(N(c4ccc(-c5ccc(-c6ccc(N(c7ccc8c(c7)C(c7ccccc7)(c7ccc(C=C)cc7)c7ccccc7-8)c7cccc8ccccc78)cc6)cc5)cc4)c4cccc5ccccc45)cc32)cc1. The summed E-state index contributed by atoms with van der Waals surface area (Å²) in [5.41, 5.74) is 27.2. The van der Waals surface area contributed by atoms with Crippen LogP contribution in [0.25, 0.3) is 78.2 Å². The van der Waals surface area contributed by atoms with Gasteiger partial charge in [-0.05, 0) is 172 Å². The standard InChI is InChI=1S/C92H64N2/c1-3-63-37-49-73(50-38-63)91(71-25-7-5-8-26-71)85-33-17-15-31-81(85)83-59-57-77(61-87(83)91)93(89-35-19-23-69-21-11-13-29-79(69)89)75-53-45-67(46-54-75)65-41-43-66(44-42-65)68-47-55-76(56-48-68)94(90-36-20-24-70-22-12-14-30-80(70)90)78-58-60-84-82-32-16-18-34-86(82)92(88(84)62-78,72-27-9-6-10-28-72)74-51-39-64(4-2)40-52-74/h3-62H,1-2H2. The highest BCUT2D eigenvalue weighted by Gasteiger charge is 2.48. The molecule has 15 aromatic carbocycles. The Morgan fingerprint density at radius 3 is 0.936 bits per heavy atom. The fourth-order valence-electron chi connectivity index (χ4n) is 15.6. The Kier molecular flexibility index (Phi) is 13.7. The first kappa shape index (κ1) is 55.9. The summed E-state index contributed by atoms with van der Waals surface area (Å²) in [6.45, 7) is 8.20. The van der Waals surface area contributed by atoms with Crippen LogP contribution in [0, 0.1) is 0 Å². The summed E-state index contributed by atoms with van der Waals surface area (Å²) in [4.78, 5) is 4.90. The van der Waals surface area contributed by atoms with Crippen LogP contribution in [-0.4, -0.2) is 0 Å². The summed E-state index contributed by atoms with van der Waals surface area (Å²) in [6.07, 6.45) is 3.85. The van der Waals surface area contributed by atoms with Crippen molar-refractivity contribution >= 4 is 67.8 Å². The molecule has 0 saturated carbocycles. The maximum absolute atomic E-state index is 4.10. The van der Waals surface area contributed by atoms with Crippen LogP contribution in [-0.2, 0) is 10.8 Å². The molecule has 0 heterocycles. The zero-order valence-corrected chi connectivity index (χ0v) is 51.9. The van der Waals surface area contributed by atoms with Crippen molar-refractivity contribution in [1.82, 2.24) is 0 Å². The Labute approximate surface area is 550 Å². The van der Waals surface area contributed by atoms with E-state index in [9.17, 15) is 0 Å². The van der Waals surface area contributed by atoms with Crippen LogP contribution < -0.4 is 9.80 Å². The number of hydrogen-bond acceptors (Lipinski definition) is 2.